The molecule has 6 nitrogen and oxygen atoms in total. The van der Waals surface area contributed by atoms with Gasteiger partial charge in [0.1, 0.15) is 17.7 Å². The van der Waals surface area contributed by atoms with Crippen LogP contribution in [0.5, 0.6) is 0 Å². The van der Waals surface area contributed by atoms with Crippen molar-refractivity contribution < 1.29 is 14.0 Å². The summed E-state index contributed by atoms with van der Waals surface area (Å²) in [6.07, 6.45) is 1.86. The highest BCUT2D eigenvalue weighted by molar-refractivity contribution is 6.03. The van der Waals surface area contributed by atoms with Gasteiger partial charge in [0.15, 0.2) is 5.69 Å². The van der Waals surface area contributed by atoms with Crippen LogP contribution in [0.3, 0.4) is 0 Å². The van der Waals surface area contributed by atoms with E-state index >= 15 is 0 Å². The average molecular weight is 382 g/mol. The summed E-state index contributed by atoms with van der Waals surface area (Å²) in [5.41, 5.74) is 0.704. The number of carbonyl (C=O) groups is 2. The molecule has 2 N–H and O–H groups in total. The van der Waals surface area contributed by atoms with Crippen molar-refractivity contribution >= 4 is 23.0 Å². The Kier molecular flexibility index (Phi) is 5.18. The number of anilines is 1. The molecule has 1 atom stereocenters. The van der Waals surface area contributed by atoms with Crippen molar-refractivity contribution in [3.05, 3.63) is 66.0 Å². The predicted molar refractivity (Wildman–Crippen MR) is 106 cm³/mol. The summed E-state index contributed by atoms with van der Waals surface area (Å²) in [5, 5.41) is 5.12. The Morgan fingerprint density at radius 3 is 2.46 bits per heavy atom. The largest absolute Gasteiger partial charge is 0.339 e. The van der Waals surface area contributed by atoms with Crippen molar-refractivity contribution in [2.75, 3.05) is 5.32 Å². The van der Waals surface area contributed by atoms with Gasteiger partial charge in [-0.3, -0.25) is 9.59 Å². The summed E-state index contributed by atoms with van der Waals surface area (Å²) in [5.74, 6) is -0.769. The van der Waals surface area contributed by atoms with Gasteiger partial charge in [-0.2, -0.15) is 0 Å². The number of fused-ring (bicyclic) bond motifs is 1. The van der Waals surface area contributed by atoms with E-state index < -0.39 is 23.7 Å². The topological polar surface area (TPSA) is 75.5 Å². The first kappa shape index (κ1) is 19.5. The zero-order valence-electron chi connectivity index (χ0n) is 16.3. The second-order valence-corrected chi connectivity index (χ2v) is 7.65. The van der Waals surface area contributed by atoms with E-state index in [-0.39, 0.29) is 16.8 Å². The summed E-state index contributed by atoms with van der Waals surface area (Å²) < 4.78 is 15.6. The van der Waals surface area contributed by atoms with Gasteiger partial charge in [0.05, 0.1) is 11.2 Å². The van der Waals surface area contributed by atoms with Gasteiger partial charge in [0, 0.05) is 11.6 Å². The smallest absolute Gasteiger partial charge is 0.272 e. The molecule has 3 aromatic rings. The zero-order chi connectivity index (χ0) is 20.5. The molecular weight excluding hydrogens is 359 g/mol. The molecule has 0 fully saturated rings. The van der Waals surface area contributed by atoms with Gasteiger partial charge in [0.2, 0.25) is 5.91 Å². The number of halogens is 1. The minimum Gasteiger partial charge on any atom is -0.339 e. The van der Waals surface area contributed by atoms with Gasteiger partial charge >= 0.3 is 0 Å². The third kappa shape index (κ3) is 3.88. The van der Waals surface area contributed by atoms with E-state index in [1.807, 2.05) is 43.5 Å². The maximum atomic E-state index is 13.7. The fraction of sp³-hybridized carbons (Fsp3) is 0.286. The summed E-state index contributed by atoms with van der Waals surface area (Å²) in [6.45, 7) is 7.58. The van der Waals surface area contributed by atoms with E-state index in [9.17, 15) is 14.0 Å². The predicted octanol–water partition coefficient (Wildman–Crippen LogP) is 3.53. The average Bonchev–Trinajstić information content (AvgIpc) is 3.03. The summed E-state index contributed by atoms with van der Waals surface area (Å²) in [7, 11) is 0. The molecule has 0 aliphatic carbocycles. The molecule has 2 amide bonds. The van der Waals surface area contributed by atoms with E-state index in [4.69, 9.17) is 0 Å². The second kappa shape index (κ2) is 7.42. The maximum Gasteiger partial charge on any atom is 0.272 e. The van der Waals surface area contributed by atoms with Crippen molar-refractivity contribution in [2.45, 2.75) is 39.2 Å². The van der Waals surface area contributed by atoms with Gasteiger partial charge in [-0.05, 0) is 31.2 Å². The molecule has 1 aromatic carbocycles. The van der Waals surface area contributed by atoms with Gasteiger partial charge in [0.25, 0.3) is 5.91 Å². The number of nitrogens with one attached hydrogen (secondary N) is 2. The Hall–Kier alpha value is -3.22. The fourth-order valence-electron chi connectivity index (χ4n) is 2.87. The first-order chi connectivity index (χ1) is 13.2. The Balaban J connectivity index is 1.81. The highest BCUT2D eigenvalue weighted by Gasteiger charge is 2.26. The van der Waals surface area contributed by atoms with Crippen LogP contribution in [0.25, 0.3) is 5.52 Å². The first-order valence-corrected chi connectivity index (χ1v) is 9.02. The number of aromatic nitrogens is 2. The summed E-state index contributed by atoms with van der Waals surface area (Å²) in [4.78, 5) is 29.7. The van der Waals surface area contributed by atoms with Crippen LogP contribution in [-0.2, 0) is 10.2 Å². The van der Waals surface area contributed by atoms with Crippen LogP contribution in [0.2, 0.25) is 0 Å². The lowest BCUT2D eigenvalue weighted by molar-refractivity contribution is -0.117. The molecule has 0 radical (unpaired) electrons. The number of amides is 2. The van der Waals surface area contributed by atoms with Crippen molar-refractivity contribution in [1.29, 1.82) is 0 Å². The fourth-order valence-corrected chi connectivity index (χ4v) is 2.87. The molecule has 3 rings (SSSR count). The number of nitrogens with zero attached hydrogens (tertiary/aromatic N) is 2. The number of benzene rings is 1. The Labute approximate surface area is 162 Å². The second-order valence-electron chi connectivity index (χ2n) is 7.65. The van der Waals surface area contributed by atoms with E-state index in [1.165, 1.54) is 25.1 Å². The first-order valence-electron chi connectivity index (χ1n) is 9.02. The molecular formula is C21H23FN4O2. The zero-order valence-corrected chi connectivity index (χ0v) is 16.3. The molecule has 0 saturated heterocycles. The molecule has 0 bridgehead atoms. The molecule has 0 aliphatic rings. The normalized spacial score (nSPS) is 12.6. The molecule has 1 unspecified atom stereocenters. The number of carbonyl (C=O) groups excluding carboxylic acids is 2. The van der Waals surface area contributed by atoms with E-state index in [0.29, 0.717) is 5.52 Å². The standard InChI is InChI=1S/C21H23FN4O2/c1-13(18(27)24-15-10-6-5-9-14(15)22)23-19(28)17-16-11-7-8-12-26(16)20(25-17)21(2,3)4/h5-13H,1-4H3,(H,23,28)(H,24,27). The minimum absolute atomic E-state index is 0.0658. The number of para-hydroxylation sites is 1. The molecule has 28 heavy (non-hydrogen) atoms. The summed E-state index contributed by atoms with van der Waals surface area (Å²) in [6, 6.07) is 10.5. The lowest BCUT2D eigenvalue weighted by atomic mass is 9.96. The van der Waals surface area contributed by atoms with Crippen LogP contribution in [0.15, 0.2) is 48.7 Å². The highest BCUT2D eigenvalue weighted by Crippen LogP contribution is 2.24. The summed E-state index contributed by atoms with van der Waals surface area (Å²) >= 11 is 0. The monoisotopic (exact) mass is 382 g/mol. The van der Waals surface area contributed by atoms with E-state index in [1.54, 1.807) is 12.1 Å². The lowest BCUT2D eigenvalue weighted by Crippen LogP contribution is -2.42. The van der Waals surface area contributed by atoms with Crippen LogP contribution in [0, 0.1) is 5.82 Å². The Bertz CT molecular complexity index is 1040. The van der Waals surface area contributed by atoms with E-state index in [0.717, 1.165) is 5.82 Å². The van der Waals surface area contributed by atoms with Crippen molar-refractivity contribution in [3.63, 3.8) is 0 Å². The molecule has 146 valence electrons. The molecule has 0 aliphatic heterocycles. The third-order valence-electron chi connectivity index (χ3n) is 4.31. The van der Waals surface area contributed by atoms with Crippen molar-refractivity contribution in [3.8, 4) is 0 Å². The lowest BCUT2D eigenvalue weighted by Gasteiger charge is -2.16. The molecule has 0 spiro atoms. The van der Waals surface area contributed by atoms with Gasteiger partial charge in [-0.15, -0.1) is 0 Å². The number of pyridine rings is 1. The highest BCUT2D eigenvalue weighted by atomic mass is 19.1. The van der Waals surface area contributed by atoms with Crippen LogP contribution >= 0.6 is 0 Å². The van der Waals surface area contributed by atoms with Gasteiger partial charge in [-0.1, -0.05) is 39.0 Å². The van der Waals surface area contributed by atoms with Gasteiger partial charge in [-0.25, -0.2) is 9.37 Å². The van der Waals surface area contributed by atoms with Crippen LogP contribution < -0.4 is 10.6 Å². The van der Waals surface area contributed by atoms with Crippen LogP contribution in [0.1, 0.15) is 44.0 Å². The van der Waals surface area contributed by atoms with Crippen molar-refractivity contribution in [1.82, 2.24) is 14.7 Å². The number of imidazole rings is 1. The Morgan fingerprint density at radius 2 is 1.79 bits per heavy atom. The SMILES string of the molecule is CC(NC(=O)c1nc(C(C)(C)C)n2ccccc12)C(=O)Nc1ccccc1F. The number of hydrogen-bond donors (Lipinski definition) is 2. The molecule has 7 heteroatoms. The third-order valence-corrected chi connectivity index (χ3v) is 4.31. The number of rotatable bonds is 4. The molecule has 2 aromatic heterocycles. The Morgan fingerprint density at radius 1 is 1.11 bits per heavy atom. The van der Waals surface area contributed by atoms with Crippen LogP contribution in [-0.4, -0.2) is 27.2 Å². The molecule has 2 heterocycles. The van der Waals surface area contributed by atoms with Crippen molar-refractivity contribution in [2.24, 2.45) is 0 Å². The molecule has 0 saturated carbocycles. The van der Waals surface area contributed by atoms with Gasteiger partial charge < -0.3 is 15.0 Å². The van der Waals surface area contributed by atoms with E-state index in [2.05, 4.69) is 15.6 Å². The quantitative estimate of drug-likeness (QED) is 0.725. The minimum atomic E-state index is -0.870. The maximum absolute atomic E-state index is 13.7. The number of hydrogen-bond acceptors (Lipinski definition) is 3. The van der Waals surface area contributed by atoms with Crippen LogP contribution in [0.4, 0.5) is 10.1 Å².